The van der Waals surface area contributed by atoms with Crippen LogP contribution in [0.4, 0.5) is 0 Å². The van der Waals surface area contributed by atoms with E-state index in [2.05, 4.69) is 4.89 Å². The van der Waals surface area contributed by atoms with Crippen LogP contribution in [0.5, 0.6) is 5.75 Å². The van der Waals surface area contributed by atoms with E-state index >= 15 is 0 Å². The van der Waals surface area contributed by atoms with Gasteiger partial charge in [0.15, 0.2) is 0 Å². The first-order chi connectivity index (χ1) is 11.8. The molecule has 0 fully saturated rings. The van der Waals surface area contributed by atoms with Crippen molar-refractivity contribution < 1.29 is 14.9 Å². The molecule has 0 unspecified atom stereocenters. The van der Waals surface area contributed by atoms with Gasteiger partial charge >= 0.3 is 0 Å². The van der Waals surface area contributed by atoms with Crippen LogP contribution >= 0.6 is 0 Å². The van der Waals surface area contributed by atoms with Crippen LogP contribution in [0.3, 0.4) is 0 Å². The minimum absolute atomic E-state index is 0.0719. The van der Waals surface area contributed by atoms with Gasteiger partial charge in [0, 0.05) is 18.9 Å². The number of nitrogens with zero attached hydrogens (tertiary/aromatic N) is 1. The Morgan fingerprint density at radius 3 is 2.80 bits per heavy atom. The number of pyridine rings is 1. The summed E-state index contributed by atoms with van der Waals surface area (Å²) in [5.41, 5.74) is 0.00714. The van der Waals surface area contributed by atoms with Crippen LogP contribution in [-0.4, -0.2) is 21.0 Å². The summed E-state index contributed by atoms with van der Waals surface area (Å²) in [6, 6.07) is 7.72. The minimum Gasteiger partial charge on any atom is -0.482 e. The summed E-state index contributed by atoms with van der Waals surface area (Å²) < 4.78 is 7.91. The zero-order chi connectivity index (χ0) is 18.2. The monoisotopic (exact) mass is 341 g/mol. The van der Waals surface area contributed by atoms with E-state index in [0.29, 0.717) is 17.7 Å². The lowest BCUT2D eigenvalue weighted by Gasteiger charge is -2.32. The second-order valence-corrected chi connectivity index (χ2v) is 7.17. The molecular weight excluding hydrogens is 318 g/mol. The summed E-state index contributed by atoms with van der Waals surface area (Å²) in [5, 5.41) is 9.78. The molecule has 0 spiro atoms. The largest absolute Gasteiger partial charge is 0.482 e. The lowest BCUT2D eigenvalue weighted by Crippen LogP contribution is -2.34. The predicted octanol–water partition coefficient (Wildman–Crippen LogP) is 3.92. The van der Waals surface area contributed by atoms with Crippen molar-refractivity contribution in [1.29, 1.82) is 0 Å². The van der Waals surface area contributed by atoms with Gasteiger partial charge in [-0.3, -0.25) is 10.1 Å². The zero-order valence-corrected chi connectivity index (χ0v) is 14.9. The van der Waals surface area contributed by atoms with Gasteiger partial charge in [0.25, 0.3) is 5.56 Å². The number of fused-ring (bicyclic) bond motifs is 3. The average Bonchev–Trinajstić information content (AvgIpc) is 2.59. The van der Waals surface area contributed by atoms with E-state index in [1.165, 1.54) is 0 Å². The lowest BCUT2D eigenvalue weighted by atomic mass is 9.95. The van der Waals surface area contributed by atoms with Crippen molar-refractivity contribution in [3.05, 3.63) is 58.4 Å². The van der Waals surface area contributed by atoms with Crippen LogP contribution in [0.25, 0.3) is 17.0 Å². The highest BCUT2D eigenvalue weighted by Gasteiger charge is 2.29. The summed E-state index contributed by atoms with van der Waals surface area (Å²) in [6.45, 7) is 5.49. The van der Waals surface area contributed by atoms with E-state index in [1.807, 2.05) is 49.4 Å². The minimum atomic E-state index is -0.755. The van der Waals surface area contributed by atoms with Crippen LogP contribution < -0.4 is 10.3 Å². The molecule has 5 heteroatoms. The average molecular weight is 341 g/mol. The Hall–Kier alpha value is -2.37. The highest BCUT2D eigenvalue weighted by Crippen LogP contribution is 2.36. The molecule has 1 aliphatic rings. The van der Waals surface area contributed by atoms with E-state index in [4.69, 9.17) is 9.99 Å². The molecule has 1 atom stereocenters. The van der Waals surface area contributed by atoms with Gasteiger partial charge < -0.3 is 9.30 Å². The zero-order valence-electron chi connectivity index (χ0n) is 14.9. The van der Waals surface area contributed by atoms with E-state index < -0.39 is 11.2 Å². The normalized spacial score (nSPS) is 20.0. The summed E-state index contributed by atoms with van der Waals surface area (Å²) in [6.07, 6.45) is 8.03. The molecule has 132 valence electrons. The Balaban J connectivity index is 2.00. The number of hydrogen-bond donors (Lipinski definition) is 1. The number of para-hydroxylation sites is 1. The predicted molar refractivity (Wildman–Crippen MR) is 98.8 cm³/mol. The number of ether oxygens (including phenoxy) is 1. The van der Waals surface area contributed by atoms with Gasteiger partial charge in [0.1, 0.15) is 17.0 Å². The van der Waals surface area contributed by atoms with Crippen molar-refractivity contribution in [3.63, 3.8) is 0 Å². The molecule has 0 radical (unpaired) electrons. The third-order valence-electron chi connectivity index (χ3n) is 4.51. The highest BCUT2D eigenvalue weighted by molar-refractivity contribution is 5.89. The molecular formula is C20H23NO4. The Morgan fingerprint density at radius 1 is 1.36 bits per heavy atom. The fourth-order valence-corrected chi connectivity index (χ4v) is 2.99. The molecule has 1 N–H and O–H groups in total. The highest BCUT2D eigenvalue weighted by atomic mass is 17.1. The number of hydrogen-bond acceptors (Lipinski definition) is 4. The maximum atomic E-state index is 12.6. The molecule has 5 nitrogen and oxygen atoms in total. The molecule has 1 aliphatic heterocycles. The van der Waals surface area contributed by atoms with Crippen molar-refractivity contribution in [2.45, 2.75) is 38.4 Å². The van der Waals surface area contributed by atoms with Gasteiger partial charge in [-0.2, -0.15) is 0 Å². The SMILES string of the molecule is Cn1c(=O)c2c(c3ccccc31)O[C@@](C)(C/C=C/C(C)(C)OO)C=C2. The van der Waals surface area contributed by atoms with Crippen LogP contribution in [0.1, 0.15) is 32.8 Å². The molecule has 0 saturated heterocycles. The molecule has 25 heavy (non-hydrogen) atoms. The first-order valence-electron chi connectivity index (χ1n) is 8.27. The van der Waals surface area contributed by atoms with Gasteiger partial charge in [0.2, 0.25) is 0 Å². The molecule has 1 aromatic heterocycles. The van der Waals surface area contributed by atoms with Crippen molar-refractivity contribution in [1.82, 2.24) is 4.57 Å². The first-order valence-corrected chi connectivity index (χ1v) is 8.27. The molecule has 1 aromatic carbocycles. The summed E-state index contributed by atoms with van der Waals surface area (Å²) in [4.78, 5) is 17.0. The van der Waals surface area contributed by atoms with Gasteiger partial charge in [-0.25, -0.2) is 4.89 Å². The number of rotatable bonds is 4. The fraction of sp³-hybridized carbons (Fsp3) is 0.350. The van der Waals surface area contributed by atoms with Crippen LogP contribution in [0.15, 0.2) is 47.3 Å². The van der Waals surface area contributed by atoms with Gasteiger partial charge in [-0.05, 0) is 45.1 Å². The Labute approximate surface area is 146 Å². The third-order valence-corrected chi connectivity index (χ3v) is 4.51. The standard InChI is InChI=1S/C20H23NO4/c1-19(2,25-23)11-7-12-20(3)13-10-15-17(24-20)14-8-5-6-9-16(14)21(4)18(15)22/h5-11,13,23H,12H2,1-4H3/b11-7+/t20-/m0/s1. The lowest BCUT2D eigenvalue weighted by molar-refractivity contribution is -0.297. The summed E-state index contributed by atoms with van der Waals surface area (Å²) >= 11 is 0. The molecule has 0 aliphatic carbocycles. The Morgan fingerprint density at radius 2 is 2.08 bits per heavy atom. The molecule has 0 saturated carbocycles. The first kappa shape index (κ1) is 17.5. The van der Waals surface area contributed by atoms with Gasteiger partial charge in [0.05, 0.1) is 11.1 Å². The molecule has 0 bridgehead atoms. The molecule has 3 rings (SSSR count). The van der Waals surface area contributed by atoms with Crippen LogP contribution in [0.2, 0.25) is 0 Å². The van der Waals surface area contributed by atoms with Crippen molar-refractivity contribution >= 4 is 17.0 Å². The second-order valence-electron chi connectivity index (χ2n) is 7.17. The Bertz CT molecular complexity index is 923. The van der Waals surface area contributed by atoms with E-state index in [9.17, 15) is 4.79 Å². The van der Waals surface area contributed by atoms with Gasteiger partial charge in [-0.15, -0.1) is 0 Å². The summed E-state index contributed by atoms with van der Waals surface area (Å²) in [7, 11) is 1.77. The smallest absolute Gasteiger partial charge is 0.261 e. The van der Waals surface area contributed by atoms with E-state index in [1.54, 1.807) is 31.5 Å². The van der Waals surface area contributed by atoms with Gasteiger partial charge in [-0.1, -0.05) is 24.3 Å². The second kappa shape index (κ2) is 6.17. The molecule has 0 amide bonds. The van der Waals surface area contributed by atoms with E-state index in [-0.39, 0.29) is 5.56 Å². The quantitative estimate of drug-likeness (QED) is 0.520. The van der Waals surface area contributed by atoms with Crippen LogP contribution in [-0.2, 0) is 11.9 Å². The number of aromatic nitrogens is 1. The van der Waals surface area contributed by atoms with Crippen LogP contribution in [0, 0.1) is 0 Å². The fourth-order valence-electron chi connectivity index (χ4n) is 2.99. The van der Waals surface area contributed by atoms with Crippen molar-refractivity contribution in [2.24, 2.45) is 7.05 Å². The molecule has 2 aromatic rings. The maximum absolute atomic E-state index is 12.6. The molecule has 2 heterocycles. The summed E-state index contributed by atoms with van der Waals surface area (Å²) in [5.74, 6) is 0.620. The number of aryl methyl sites for hydroxylation is 1. The third kappa shape index (κ3) is 3.25. The topological polar surface area (TPSA) is 60.7 Å². The Kier molecular flexibility index (Phi) is 4.31. The van der Waals surface area contributed by atoms with Crippen molar-refractivity contribution in [2.75, 3.05) is 0 Å². The van der Waals surface area contributed by atoms with E-state index in [0.717, 1.165) is 10.9 Å². The number of benzene rings is 1. The van der Waals surface area contributed by atoms with Crippen molar-refractivity contribution in [3.8, 4) is 5.75 Å². The maximum Gasteiger partial charge on any atom is 0.261 e.